The van der Waals surface area contributed by atoms with Gasteiger partial charge in [0, 0.05) is 25.7 Å². The Morgan fingerprint density at radius 1 is 0.852 bits per heavy atom. The predicted molar refractivity (Wildman–Crippen MR) is 109 cm³/mol. The first-order valence-electron chi connectivity index (χ1n) is 8.82. The first-order chi connectivity index (χ1) is 13.0. The van der Waals surface area contributed by atoms with Crippen LogP contribution in [0.3, 0.4) is 0 Å². The lowest BCUT2D eigenvalue weighted by Crippen LogP contribution is -2.36. The van der Waals surface area contributed by atoms with Gasteiger partial charge in [0.15, 0.2) is 17.5 Å². The second-order valence-corrected chi connectivity index (χ2v) is 6.20. The normalized spacial score (nSPS) is 11.1. The molecule has 0 aromatic heterocycles. The lowest BCUT2D eigenvalue weighted by Gasteiger charge is -2.17. The molecule has 6 nitrogen and oxygen atoms in total. The van der Waals surface area contributed by atoms with Crippen LogP contribution in [-0.2, 0) is 13.1 Å². The van der Waals surface area contributed by atoms with E-state index in [4.69, 9.17) is 14.2 Å². The van der Waals surface area contributed by atoms with Gasteiger partial charge in [0.1, 0.15) is 0 Å². The molecule has 0 fully saturated rings. The molecule has 0 amide bonds. The van der Waals surface area contributed by atoms with Crippen LogP contribution in [-0.4, -0.2) is 34.3 Å². The summed E-state index contributed by atoms with van der Waals surface area (Å²) in [6, 6.07) is 10.3. The maximum atomic E-state index is 5.53. The van der Waals surface area contributed by atoms with E-state index in [-0.39, 0.29) is 0 Å². The maximum Gasteiger partial charge on any atom is 0.203 e. The highest BCUT2D eigenvalue weighted by Crippen LogP contribution is 2.39. The molecule has 2 aromatic rings. The number of nitrogens with zero attached hydrogens (tertiary/aromatic N) is 1. The van der Waals surface area contributed by atoms with Crippen LogP contribution in [0.1, 0.15) is 22.3 Å². The first-order valence-corrected chi connectivity index (χ1v) is 8.82. The van der Waals surface area contributed by atoms with E-state index < -0.39 is 0 Å². The summed E-state index contributed by atoms with van der Waals surface area (Å²) in [7, 11) is 6.58. The van der Waals surface area contributed by atoms with Gasteiger partial charge >= 0.3 is 0 Å². The van der Waals surface area contributed by atoms with Crippen molar-refractivity contribution < 1.29 is 14.2 Å². The first kappa shape index (κ1) is 20.4. The molecule has 2 rings (SSSR count). The van der Waals surface area contributed by atoms with Crippen LogP contribution in [0.4, 0.5) is 0 Å². The second kappa shape index (κ2) is 9.71. The number of benzene rings is 2. The van der Waals surface area contributed by atoms with Gasteiger partial charge in [0.2, 0.25) is 5.75 Å². The van der Waals surface area contributed by atoms with Gasteiger partial charge in [0.05, 0.1) is 21.3 Å². The van der Waals surface area contributed by atoms with Crippen molar-refractivity contribution in [1.29, 1.82) is 0 Å². The number of nitrogens with one attached hydrogen (secondary N) is 2. The van der Waals surface area contributed by atoms with E-state index in [2.05, 4.69) is 47.7 Å². The highest BCUT2D eigenvalue weighted by atomic mass is 16.5. The zero-order valence-electron chi connectivity index (χ0n) is 17.0. The van der Waals surface area contributed by atoms with E-state index in [1.807, 2.05) is 12.1 Å². The monoisotopic (exact) mass is 371 g/mol. The van der Waals surface area contributed by atoms with Crippen molar-refractivity contribution in [3.05, 3.63) is 52.6 Å². The summed E-state index contributed by atoms with van der Waals surface area (Å²) < 4.78 is 16.3. The van der Waals surface area contributed by atoms with Crippen molar-refractivity contribution in [2.45, 2.75) is 26.9 Å². The highest BCUT2D eigenvalue weighted by molar-refractivity contribution is 5.79. The van der Waals surface area contributed by atoms with Gasteiger partial charge in [-0.15, -0.1) is 0 Å². The minimum atomic E-state index is 0.538. The van der Waals surface area contributed by atoms with Crippen LogP contribution < -0.4 is 24.8 Å². The van der Waals surface area contributed by atoms with Crippen LogP contribution >= 0.6 is 0 Å². The molecule has 27 heavy (non-hydrogen) atoms. The summed E-state index contributed by atoms with van der Waals surface area (Å²) in [5.41, 5.74) is 4.72. The minimum Gasteiger partial charge on any atom is -0.493 e. The molecule has 0 heterocycles. The third-order valence-corrected chi connectivity index (χ3v) is 4.40. The number of hydrogen-bond acceptors (Lipinski definition) is 4. The van der Waals surface area contributed by atoms with Crippen molar-refractivity contribution in [3.8, 4) is 17.2 Å². The third-order valence-electron chi connectivity index (χ3n) is 4.40. The predicted octanol–water partition coefficient (Wildman–Crippen LogP) is 3.19. The highest BCUT2D eigenvalue weighted by Gasteiger charge is 2.15. The average molecular weight is 371 g/mol. The molecular formula is C21H29N3O3. The molecule has 0 spiro atoms. The van der Waals surface area contributed by atoms with Crippen molar-refractivity contribution >= 4 is 5.96 Å². The number of hydrogen-bond donors (Lipinski definition) is 2. The number of aryl methyl sites for hydroxylation is 2. The van der Waals surface area contributed by atoms with Crippen molar-refractivity contribution in [2.24, 2.45) is 4.99 Å². The molecule has 146 valence electrons. The molecule has 0 aliphatic carbocycles. The van der Waals surface area contributed by atoms with Gasteiger partial charge in [-0.25, -0.2) is 0 Å². The quantitative estimate of drug-likeness (QED) is 0.578. The Hall–Kier alpha value is -2.89. The summed E-state index contributed by atoms with van der Waals surface area (Å²) in [6.45, 7) is 5.46. The molecule has 0 saturated carbocycles. The fraction of sp³-hybridized carbons (Fsp3) is 0.381. The molecule has 0 saturated heterocycles. The van der Waals surface area contributed by atoms with Gasteiger partial charge in [0.25, 0.3) is 0 Å². The Morgan fingerprint density at radius 2 is 1.48 bits per heavy atom. The molecule has 0 radical (unpaired) electrons. The van der Waals surface area contributed by atoms with E-state index in [0.717, 1.165) is 5.56 Å². The van der Waals surface area contributed by atoms with Crippen molar-refractivity contribution in [1.82, 2.24) is 10.6 Å². The standard InChI is InChI=1S/C21H29N3O3/c1-14-7-8-16(15(2)11-14)12-23-21(22-3)24-13-17-9-10-18(25-4)20(27-6)19(17)26-5/h7-11H,12-13H2,1-6H3,(H2,22,23,24). The maximum absolute atomic E-state index is 5.53. The van der Waals surface area contributed by atoms with Gasteiger partial charge in [-0.3, -0.25) is 4.99 Å². The van der Waals surface area contributed by atoms with Crippen LogP contribution in [0, 0.1) is 13.8 Å². The lowest BCUT2D eigenvalue weighted by molar-refractivity contribution is 0.322. The molecule has 0 aliphatic rings. The summed E-state index contributed by atoms with van der Waals surface area (Å²) in [4.78, 5) is 4.29. The summed E-state index contributed by atoms with van der Waals surface area (Å²) in [5, 5.41) is 6.66. The zero-order chi connectivity index (χ0) is 19.8. The zero-order valence-corrected chi connectivity index (χ0v) is 17.0. The largest absolute Gasteiger partial charge is 0.493 e. The number of ether oxygens (including phenoxy) is 3. The van der Waals surface area contributed by atoms with Crippen LogP contribution in [0.5, 0.6) is 17.2 Å². The van der Waals surface area contributed by atoms with E-state index in [1.165, 1.54) is 16.7 Å². The number of guanidine groups is 1. The Morgan fingerprint density at radius 3 is 2.04 bits per heavy atom. The fourth-order valence-corrected chi connectivity index (χ4v) is 2.93. The van der Waals surface area contributed by atoms with Crippen LogP contribution in [0.25, 0.3) is 0 Å². The molecule has 0 unspecified atom stereocenters. The summed E-state index contributed by atoms with van der Waals surface area (Å²) in [6.07, 6.45) is 0. The fourth-order valence-electron chi connectivity index (χ4n) is 2.93. The van der Waals surface area contributed by atoms with Gasteiger partial charge in [-0.1, -0.05) is 23.8 Å². The molecule has 2 aromatic carbocycles. The lowest BCUT2D eigenvalue weighted by atomic mass is 10.1. The summed E-state index contributed by atoms with van der Waals surface area (Å²) in [5.74, 6) is 2.58. The van der Waals surface area contributed by atoms with Gasteiger partial charge in [-0.05, 0) is 37.1 Å². The Kier molecular flexibility index (Phi) is 7.34. The number of aliphatic imine (C=N–C) groups is 1. The SMILES string of the molecule is CN=C(NCc1ccc(C)cc1C)NCc1ccc(OC)c(OC)c1OC. The van der Waals surface area contributed by atoms with Crippen molar-refractivity contribution in [2.75, 3.05) is 28.4 Å². The Labute approximate surface area is 161 Å². The van der Waals surface area contributed by atoms with Gasteiger partial charge < -0.3 is 24.8 Å². The van der Waals surface area contributed by atoms with Crippen molar-refractivity contribution in [3.63, 3.8) is 0 Å². The molecule has 0 atom stereocenters. The average Bonchev–Trinajstić information content (AvgIpc) is 2.68. The topological polar surface area (TPSA) is 64.1 Å². The van der Waals surface area contributed by atoms with Crippen LogP contribution in [0.15, 0.2) is 35.3 Å². The molecule has 2 N–H and O–H groups in total. The Balaban J connectivity index is 2.05. The smallest absolute Gasteiger partial charge is 0.203 e. The van der Waals surface area contributed by atoms with E-state index in [1.54, 1.807) is 28.4 Å². The molecule has 6 heteroatoms. The molecule has 0 aliphatic heterocycles. The third kappa shape index (κ3) is 5.06. The molecule has 0 bridgehead atoms. The van der Waals surface area contributed by atoms with E-state index in [9.17, 15) is 0 Å². The van der Waals surface area contributed by atoms with Crippen LogP contribution in [0.2, 0.25) is 0 Å². The van der Waals surface area contributed by atoms with E-state index >= 15 is 0 Å². The minimum absolute atomic E-state index is 0.538. The molecular weight excluding hydrogens is 342 g/mol. The second-order valence-electron chi connectivity index (χ2n) is 6.20. The Bertz CT molecular complexity index is 803. The number of methoxy groups -OCH3 is 3. The summed E-state index contributed by atoms with van der Waals surface area (Å²) >= 11 is 0. The number of rotatable bonds is 7. The van der Waals surface area contributed by atoms with E-state index in [0.29, 0.717) is 36.3 Å². The van der Waals surface area contributed by atoms with Gasteiger partial charge in [-0.2, -0.15) is 0 Å².